The van der Waals surface area contributed by atoms with Crippen molar-refractivity contribution in [2.45, 2.75) is 39.2 Å². The highest BCUT2D eigenvalue weighted by Gasteiger charge is 2.23. The summed E-state index contributed by atoms with van der Waals surface area (Å²) < 4.78 is 0. The number of amides is 2. The summed E-state index contributed by atoms with van der Waals surface area (Å²) in [5.74, 6) is 0. The van der Waals surface area contributed by atoms with Gasteiger partial charge in [0.15, 0.2) is 0 Å². The van der Waals surface area contributed by atoms with Crippen LogP contribution in [0.4, 0.5) is 4.79 Å². The molecule has 0 aromatic carbocycles. The molecule has 0 aromatic heterocycles. The third-order valence-electron chi connectivity index (χ3n) is 2.33. The average molecular weight is 193 g/mol. The van der Waals surface area contributed by atoms with E-state index in [-0.39, 0.29) is 12.1 Å². The third kappa shape index (κ3) is 2.25. The topological polar surface area (TPSA) is 64.9 Å². The first-order chi connectivity index (χ1) is 6.69. The van der Waals surface area contributed by atoms with Gasteiger partial charge in [0.05, 0.1) is 17.7 Å². The molecule has 1 aliphatic rings. The summed E-state index contributed by atoms with van der Waals surface area (Å²) in [6.45, 7) is 3.85. The van der Waals surface area contributed by atoms with Gasteiger partial charge in [-0.15, -0.1) is 0 Å². The van der Waals surface area contributed by atoms with E-state index in [1.165, 1.54) is 0 Å². The van der Waals surface area contributed by atoms with Crippen molar-refractivity contribution in [3.8, 4) is 6.07 Å². The Bertz CT molecular complexity index is 301. The van der Waals surface area contributed by atoms with Crippen LogP contribution >= 0.6 is 0 Å². The zero-order chi connectivity index (χ0) is 10.6. The van der Waals surface area contributed by atoms with Gasteiger partial charge in [0.2, 0.25) is 0 Å². The third-order valence-corrected chi connectivity index (χ3v) is 2.33. The summed E-state index contributed by atoms with van der Waals surface area (Å²) in [6, 6.07) is 1.83. The number of allylic oxidation sites excluding steroid dienone is 1. The highest BCUT2D eigenvalue weighted by atomic mass is 16.2. The minimum absolute atomic E-state index is 0.103. The molecule has 4 heteroatoms. The fourth-order valence-corrected chi connectivity index (χ4v) is 1.55. The van der Waals surface area contributed by atoms with E-state index in [4.69, 9.17) is 5.26 Å². The number of nitrogens with zero attached hydrogens (tertiary/aromatic N) is 1. The Labute approximate surface area is 84.0 Å². The summed E-state index contributed by atoms with van der Waals surface area (Å²) in [4.78, 5) is 11.1. The van der Waals surface area contributed by atoms with Crippen LogP contribution in [-0.2, 0) is 0 Å². The van der Waals surface area contributed by atoms with Gasteiger partial charge in [0, 0.05) is 5.70 Å². The summed E-state index contributed by atoms with van der Waals surface area (Å²) in [5.41, 5.74) is 1.33. The molecule has 0 aliphatic carbocycles. The van der Waals surface area contributed by atoms with Crippen LogP contribution in [0.15, 0.2) is 11.3 Å². The lowest BCUT2D eigenvalue weighted by Gasteiger charge is -2.25. The fourth-order valence-electron chi connectivity index (χ4n) is 1.55. The number of nitriles is 1. The zero-order valence-electron chi connectivity index (χ0n) is 8.55. The Morgan fingerprint density at radius 2 is 2.29 bits per heavy atom. The largest absolute Gasteiger partial charge is 0.330 e. The Hall–Kier alpha value is -1.50. The normalized spacial score (nSPS) is 21.2. The van der Waals surface area contributed by atoms with Crippen molar-refractivity contribution < 1.29 is 4.79 Å². The van der Waals surface area contributed by atoms with Crippen LogP contribution in [0.25, 0.3) is 0 Å². The molecule has 0 spiro atoms. The van der Waals surface area contributed by atoms with E-state index in [2.05, 4.69) is 23.6 Å². The molecule has 1 aliphatic heterocycles. The molecule has 1 heterocycles. The summed E-state index contributed by atoms with van der Waals surface area (Å²) in [7, 11) is 0. The van der Waals surface area contributed by atoms with E-state index in [9.17, 15) is 4.79 Å². The molecule has 1 unspecified atom stereocenters. The molecule has 0 bridgehead atoms. The van der Waals surface area contributed by atoms with Crippen LogP contribution in [0.1, 0.15) is 33.1 Å². The number of carbonyl (C=O) groups is 1. The highest BCUT2D eigenvalue weighted by Crippen LogP contribution is 2.15. The minimum atomic E-state index is -0.206. The average Bonchev–Trinajstić information content (AvgIpc) is 2.14. The van der Waals surface area contributed by atoms with Crippen LogP contribution < -0.4 is 10.6 Å². The first-order valence-corrected chi connectivity index (χ1v) is 4.87. The monoisotopic (exact) mass is 193 g/mol. The molecule has 14 heavy (non-hydrogen) atoms. The van der Waals surface area contributed by atoms with Gasteiger partial charge in [0.1, 0.15) is 0 Å². The summed E-state index contributed by atoms with van der Waals surface area (Å²) in [6.07, 6.45) is 2.92. The lowest BCUT2D eigenvalue weighted by Crippen LogP contribution is -2.47. The smallest absolute Gasteiger partial charge is 0.319 e. The van der Waals surface area contributed by atoms with Crippen molar-refractivity contribution in [1.29, 1.82) is 5.26 Å². The number of nitrogens with one attached hydrogen (secondary N) is 2. The van der Waals surface area contributed by atoms with E-state index in [0.29, 0.717) is 11.3 Å². The molecular formula is C10H15N3O. The molecule has 1 rings (SSSR count). The number of hydrogen-bond donors (Lipinski definition) is 2. The number of urea groups is 1. The van der Waals surface area contributed by atoms with E-state index in [1.54, 1.807) is 6.92 Å². The number of rotatable bonds is 3. The molecule has 2 N–H and O–H groups in total. The molecule has 4 nitrogen and oxygen atoms in total. The SMILES string of the molecule is CCCCC1NC(=O)NC(C)=C1C#N. The molecule has 0 fully saturated rings. The van der Waals surface area contributed by atoms with Crippen molar-refractivity contribution in [2.75, 3.05) is 0 Å². The molecule has 76 valence electrons. The molecule has 0 saturated heterocycles. The second-order valence-electron chi connectivity index (χ2n) is 3.44. The summed E-state index contributed by atoms with van der Waals surface area (Å²) >= 11 is 0. The Morgan fingerprint density at radius 3 is 2.86 bits per heavy atom. The van der Waals surface area contributed by atoms with Gasteiger partial charge in [-0.1, -0.05) is 19.8 Å². The van der Waals surface area contributed by atoms with E-state index in [0.717, 1.165) is 19.3 Å². The Morgan fingerprint density at radius 1 is 1.57 bits per heavy atom. The van der Waals surface area contributed by atoms with Gasteiger partial charge in [-0.25, -0.2) is 4.79 Å². The second kappa shape index (κ2) is 4.66. The lowest BCUT2D eigenvalue weighted by atomic mass is 9.99. The first-order valence-electron chi connectivity index (χ1n) is 4.87. The molecular weight excluding hydrogens is 178 g/mol. The van der Waals surface area contributed by atoms with Crippen molar-refractivity contribution >= 4 is 6.03 Å². The van der Waals surface area contributed by atoms with Gasteiger partial charge < -0.3 is 10.6 Å². The lowest BCUT2D eigenvalue weighted by molar-refractivity contribution is 0.238. The predicted octanol–water partition coefficient (Wildman–Crippen LogP) is 1.66. The number of carbonyl (C=O) groups excluding carboxylic acids is 1. The number of hydrogen-bond acceptors (Lipinski definition) is 2. The van der Waals surface area contributed by atoms with Crippen LogP contribution in [0.3, 0.4) is 0 Å². The maximum atomic E-state index is 11.1. The standard InChI is InChI=1S/C10H15N3O/c1-3-4-5-9-8(6-11)7(2)12-10(14)13-9/h9H,3-5H2,1-2H3,(H2,12,13,14). The Kier molecular flexibility index (Phi) is 3.52. The quantitative estimate of drug-likeness (QED) is 0.715. The van der Waals surface area contributed by atoms with Crippen molar-refractivity contribution in [3.05, 3.63) is 11.3 Å². The van der Waals surface area contributed by atoms with Crippen LogP contribution in [0.5, 0.6) is 0 Å². The molecule has 0 aromatic rings. The number of unbranched alkanes of at least 4 members (excludes halogenated alkanes) is 1. The van der Waals surface area contributed by atoms with Crippen LogP contribution in [0, 0.1) is 11.3 Å². The highest BCUT2D eigenvalue weighted by molar-refractivity contribution is 5.79. The molecule has 1 atom stereocenters. The van der Waals surface area contributed by atoms with E-state index >= 15 is 0 Å². The van der Waals surface area contributed by atoms with Crippen molar-refractivity contribution in [1.82, 2.24) is 10.6 Å². The maximum absolute atomic E-state index is 11.1. The molecule has 0 radical (unpaired) electrons. The van der Waals surface area contributed by atoms with Gasteiger partial charge in [-0.2, -0.15) is 5.26 Å². The fraction of sp³-hybridized carbons (Fsp3) is 0.600. The van der Waals surface area contributed by atoms with Gasteiger partial charge in [-0.3, -0.25) is 0 Å². The maximum Gasteiger partial charge on any atom is 0.319 e. The van der Waals surface area contributed by atoms with E-state index in [1.807, 2.05) is 0 Å². The minimum Gasteiger partial charge on any atom is -0.330 e. The van der Waals surface area contributed by atoms with Gasteiger partial charge in [-0.05, 0) is 13.3 Å². The first kappa shape index (κ1) is 10.6. The van der Waals surface area contributed by atoms with E-state index < -0.39 is 0 Å². The Balaban J connectivity index is 2.77. The zero-order valence-corrected chi connectivity index (χ0v) is 8.55. The molecule has 0 saturated carbocycles. The second-order valence-corrected chi connectivity index (χ2v) is 3.44. The van der Waals surface area contributed by atoms with Crippen LogP contribution in [0.2, 0.25) is 0 Å². The predicted molar refractivity (Wildman–Crippen MR) is 53.3 cm³/mol. The van der Waals surface area contributed by atoms with Gasteiger partial charge in [0.25, 0.3) is 0 Å². The van der Waals surface area contributed by atoms with Crippen molar-refractivity contribution in [2.24, 2.45) is 0 Å². The van der Waals surface area contributed by atoms with Gasteiger partial charge >= 0.3 is 6.03 Å². The summed E-state index contributed by atoms with van der Waals surface area (Å²) in [5, 5.41) is 14.3. The van der Waals surface area contributed by atoms with Crippen LogP contribution in [-0.4, -0.2) is 12.1 Å². The molecule has 2 amide bonds. The van der Waals surface area contributed by atoms with Crippen molar-refractivity contribution in [3.63, 3.8) is 0 Å².